The lowest BCUT2D eigenvalue weighted by Gasteiger charge is -2.22. The molecule has 0 bridgehead atoms. The lowest BCUT2D eigenvalue weighted by molar-refractivity contribution is -0.137. The average molecular weight is 233 g/mol. The van der Waals surface area contributed by atoms with E-state index in [1.807, 2.05) is 0 Å². The normalized spacial score (nSPS) is 16.9. The minimum Gasteiger partial charge on any atom is -0.371 e. The Hall–Kier alpha value is -1.26. The van der Waals surface area contributed by atoms with Crippen molar-refractivity contribution in [1.29, 1.82) is 0 Å². The van der Waals surface area contributed by atoms with Crippen molar-refractivity contribution in [2.75, 3.05) is 18.0 Å². The third-order valence-electron chi connectivity index (χ3n) is 2.71. The Morgan fingerprint density at radius 1 is 1.06 bits per heavy atom. The molecule has 1 saturated heterocycles. The van der Waals surface area contributed by atoms with E-state index in [1.54, 1.807) is 4.90 Å². The smallest absolute Gasteiger partial charge is 0.371 e. The summed E-state index contributed by atoms with van der Waals surface area (Å²) in [6.45, 7) is 1.21. The van der Waals surface area contributed by atoms with Crippen LogP contribution >= 0.6 is 0 Å². The third-order valence-corrected chi connectivity index (χ3v) is 2.71. The van der Waals surface area contributed by atoms with E-state index in [1.165, 1.54) is 6.07 Å². The fourth-order valence-corrected chi connectivity index (χ4v) is 1.97. The molecular formula is C11H11F4N. The van der Waals surface area contributed by atoms with Gasteiger partial charge >= 0.3 is 6.18 Å². The van der Waals surface area contributed by atoms with Crippen molar-refractivity contribution in [2.24, 2.45) is 0 Å². The maximum absolute atomic E-state index is 12.8. The highest BCUT2D eigenvalue weighted by Gasteiger charge is 2.35. The molecule has 1 aliphatic heterocycles. The first-order valence-corrected chi connectivity index (χ1v) is 5.10. The molecule has 0 spiro atoms. The van der Waals surface area contributed by atoms with E-state index in [9.17, 15) is 17.6 Å². The first kappa shape index (κ1) is 11.2. The highest BCUT2D eigenvalue weighted by Crippen LogP contribution is 2.38. The number of alkyl halides is 3. The molecule has 1 fully saturated rings. The number of hydrogen-bond donors (Lipinski definition) is 0. The molecule has 88 valence electrons. The molecule has 0 aliphatic carbocycles. The van der Waals surface area contributed by atoms with Gasteiger partial charge in [0.2, 0.25) is 0 Å². The summed E-state index contributed by atoms with van der Waals surface area (Å²) < 4.78 is 50.9. The van der Waals surface area contributed by atoms with Crippen LogP contribution in [0, 0.1) is 5.82 Å². The van der Waals surface area contributed by atoms with Gasteiger partial charge in [-0.2, -0.15) is 13.2 Å². The molecule has 0 N–H and O–H groups in total. The highest BCUT2D eigenvalue weighted by atomic mass is 19.4. The minimum atomic E-state index is -4.50. The number of rotatable bonds is 1. The van der Waals surface area contributed by atoms with Gasteiger partial charge in [0.25, 0.3) is 0 Å². The van der Waals surface area contributed by atoms with Crippen LogP contribution in [0.1, 0.15) is 18.4 Å². The molecule has 1 aliphatic rings. The lowest BCUT2D eigenvalue weighted by atomic mass is 10.1. The van der Waals surface area contributed by atoms with Crippen molar-refractivity contribution >= 4 is 5.69 Å². The van der Waals surface area contributed by atoms with Crippen LogP contribution in [0.5, 0.6) is 0 Å². The number of halogens is 4. The van der Waals surface area contributed by atoms with Gasteiger partial charge in [0.1, 0.15) is 5.82 Å². The van der Waals surface area contributed by atoms with Crippen molar-refractivity contribution < 1.29 is 17.6 Å². The number of hydrogen-bond acceptors (Lipinski definition) is 1. The van der Waals surface area contributed by atoms with Gasteiger partial charge in [-0.05, 0) is 31.0 Å². The van der Waals surface area contributed by atoms with Gasteiger partial charge in [0.15, 0.2) is 0 Å². The minimum absolute atomic E-state index is 0.0893. The van der Waals surface area contributed by atoms with Crippen LogP contribution in [0.3, 0.4) is 0 Å². The second-order valence-corrected chi connectivity index (χ2v) is 3.85. The Bertz CT molecular complexity index is 380. The molecule has 0 aromatic heterocycles. The molecule has 0 atom stereocenters. The second-order valence-electron chi connectivity index (χ2n) is 3.85. The van der Waals surface area contributed by atoms with Gasteiger partial charge in [0, 0.05) is 18.8 Å². The van der Waals surface area contributed by atoms with Crippen molar-refractivity contribution in [3.8, 4) is 0 Å². The summed E-state index contributed by atoms with van der Waals surface area (Å²) in [5.41, 5.74) is -0.791. The molecule has 2 rings (SSSR count). The molecular weight excluding hydrogens is 222 g/mol. The molecule has 0 saturated carbocycles. The zero-order valence-electron chi connectivity index (χ0n) is 8.52. The van der Waals surface area contributed by atoms with Crippen molar-refractivity contribution in [1.82, 2.24) is 0 Å². The van der Waals surface area contributed by atoms with Crippen LogP contribution < -0.4 is 4.90 Å². The monoisotopic (exact) mass is 233 g/mol. The summed E-state index contributed by atoms with van der Waals surface area (Å²) in [6, 6.07) is 2.85. The summed E-state index contributed by atoms with van der Waals surface area (Å²) in [4.78, 5) is 1.66. The maximum Gasteiger partial charge on any atom is 0.418 e. The van der Waals surface area contributed by atoms with E-state index in [0.717, 1.165) is 18.9 Å². The van der Waals surface area contributed by atoms with Gasteiger partial charge in [0.05, 0.1) is 5.56 Å². The predicted octanol–water partition coefficient (Wildman–Crippen LogP) is 3.44. The Morgan fingerprint density at radius 2 is 1.69 bits per heavy atom. The fraction of sp³-hybridized carbons (Fsp3) is 0.455. The van der Waals surface area contributed by atoms with E-state index in [4.69, 9.17) is 0 Å². The standard InChI is InChI=1S/C11H11F4N/c12-8-3-4-10(16-5-1-2-6-16)9(7-8)11(13,14)15/h3-4,7H,1-2,5-6H2. The summed E-state index contributed by atoms with van der Waals surface area (Å²) in [6.07, 6.45) is -2.73. The maximum atomic E-state index is 12.8. The van der Waals surface area contributed by atoms with E-state index >= 15 is 0 Å². The molecule has 0 unspecified atom stereocenters. The Balaban J connectivity index is 2.43. The first-order chi connectivity index (χ1) is 7.48. The molecule has 16 heavy (non-hydrogen) atoms. The van der Waals surface area contributed by atoms with Crippen LogP contribution in [-0.4, -0.2) is 13.1 Å². The third kappa shape index (κ3) is 2.13. The Kier molecular flexibility index (Phi) is 2.78. The Morgan fingerprint density at radius 3 is 2.25 bits per heavy atom. The molecule has 1 aromatic carbocycles. The van der Waals surface area contributed by atoms with E-state index in [-0.39, 0.29) is 5.69 Å². The van der Waals surface area contributed by atoms with Crippen LogP contribution in [0.15, 0.2) is 18.2 Å². The largest absolute Gasteiger partial charge is 0.418 e. The van der Waals surface area contributed by atoms with E-state index in [2.05, 4.69) is 0 Å². The van der Waals surface area contributed by atoms with Gasteiger partial charge in [-0.25, -0.2) is 4.39 Å². The average Bonchev–Trinajstić information content (AvgIpc) is 2.69. The van der Waals surface area contributed by atoms with Crippen LogP contribution in [0.25, 0.3) is 0 Å². The summed E-state index contributed by atoms with van der Waals surface area (Å²) in [5, 5.41) is 0. The van der Waals surface area contributed by atoms with Crippen LogP contribution in [0.4, 0.5) is 23.2 Å². The zero-order chi connectivity index (χ0) is 11.8. The number of nitrogens with zero attached hydrogens (tertiary/aromatic N) is 1. The van der Waals surface area contributed by atoms with E-state index in [0.29, 0.717) is 19.2 Å². The molecule has 0 amide bonds. The van der Waals surface area contributed by atoms with Crippen molar-refractivity contribution in [2.45, 2.75) is 19.0 Å². The number of anilines is 1. The summed E-state index contributed by atoms with van der Waals surface area (Å²) >= 11 is 0. The molecule has 5 heteroatoms. The zero-order valence-corrected chi connectivity index (χ0v) is 8.52. The quantitative estimate of drug-likeness (QED) is 0.671. The molecule has 0 radical (unpaired) electrons. The highest BCUT2D eigenvalue weighted by molar-refractivity contribution is 5.55. The van der Waals surface area contributed by atoms with Gasteiger partial charge in [-0.15, -0.1) is 0 Å². The van der Waals surface area contributed by atoms with Gasteiger partial charge in [-0.3, -0.25) is 0 Å². The summed E-state index contributed by atoms with van der Waals surface area (Å²) in [7, 11) is 0. The Labute approximate surface area is 90.7 Å². The van der Waals surface area contributed by atoms with E-state index < -0.39 is 17.6 Å². The summed E-state index contributed by atoms with van der Waals surface area (Å²) in [5.74, 6) is -0.852. The van der Waals surface area contributed by atoms with Crippen LogP contribution in [0.2, 0.25) is 0 Å². The molecule has 1 nitrogen and oxygen atoms in total. The lowest BCUT2D eigenvalue weighted by Crippen LogP contribution is -2.22. The van der Waals surface area contributed by atoms with Crippen molar-refractivity contribution in [3.05, 3.63) is 29.6 Å². The topological polar surface area (TPSA) is 3.24 Å². The molecule has 1 aromatic rings. The second kappa shape index (κ2) is 3.96. The number of benzene rings is 1. The van der Waals surface area contributed by atoms with Gasteiger partial charge in [-0.1, -0.05) is 0 Å². The van der Waals surface area contributed by atoms with Gasteiger partial charge < -0.3 is 4.90 Å². The van der Waals surface area contributed by atoms with Crippen molar-refractivity contribution in [3.63, 3.8) is 0 Å². The fourth-order valence-electron chi connectivity index (χ4n) is 1.97. The van der Waals surface area contributed by atoms with Crippen LogP contribution in [-0.2, 0) is 6.18 Å². The predicted molar refractivity (Wildman–Crippen MR) is 52.8 cm³/mol. The SMILES string of the molecule is Fc1ccc(N2CCCC2)c(C(F)(F)F)c1. The first-order valence-electron chi connectivity index (χ1n) is 5.10. The molecule has 1 heterocycles.